The number of rotatable bonds is 7. The third-order valence-corrected chi connectivity index (χ3v) is 8.74. The van der Waals surface area contributed by atoms with Crippen LogP contribution in [0.3, 0.4) is 0 Å². The molecule has 0 bridgehead atoms. The van der Waals surface area contributed by atoms with Crippen molar-refractivity contribution in [2.24, 2.45) is 0 Å². The van der Waals surface area contributed by atoms with E-state index in [1.54, 1.807) is 6.08 Å². The van der Waals surface area contributed by atoms with E-state index in [0.29, 0.717) is 0 Å². The normalized spacial score (nSPS) is 13.5. The highest BCUT2D eigenvalue weighted by atomic mass is 31.2. The summed E-state index contributed by atoms with van der Waals surface area (Å²) >= 11 is 0. The lowest BCUT2D eigenvalue weighted by atomic mass is 10.0. The molecule has 0 aliphatic carbocycles. The molecule has 4 aromatic carbocycles. The van der Waals surface area contributed by atoms with Gasteiger partial charge in [0.05, 0.1) is 0 Å². The van der Waals surface area contributed by atoms with Crippen molar-refractivity contribution in [2.75, 3.05) is 0 Å². The van der Waals surface area contributed by atoms with Crippen LogP contribution in [0.15, 0.2) is 145 Å². The van der Waals surface area contributed by atoms with Crippen molar-refractivity contribution < 1.29 is 4.57 Å². The molecule has 2 heteroatoms. The Labute approximate surface area is 196 Å². The lowest BCUT2D eigenvalue weighted by molar-refractivity contribution is 0.591. The van der Waals surface area contributed by atoms with Gasteiger partial charge < -0.3 is 4.57 Å². The Kier molecular flexibility index (Phi) is 7.03. The Morgan fingerprint density at radius 2 is 1.06 bits per heavy atom. The largest absolute Gasteiger partial charge is 0.309 e. The van der Waals surface area contributed by atoms with E-state index in [2.05, 4.69) is 67.2 Å². The zero-order chi connectivity index (χ0) is 23.1. The Balaban J connectivity index is 1.72. The SMILES string of the molecule is C=C/C=C(\C=C/C)P(=O)(c1ccccc1)c1ccc(-c2ccc(-c3ccccc3)cc2)cc1. The molecule has 4 rings (SSSR count). The van der Waals surface area contributed by atoms with Crippen LogP contribution in [0.1, 0.15) is 6.92 Å². The zero-order valence-electron chi connectivity index (χ0n) is 18.8. The molecule has 0 amide bonds. The van der Waals surface area contributed by atoms with Crippen molar-refractivity contribution in [1.82, 2.24) is 0 Å². The Morgan fingerprint density at radius 3 is 1.55 bits per heavy atom. The number of hydrogen-bond acceptors (Lipinski definition) is 1. The lowest BCUT2D eigenvalue weighted by Gasteiger charge is -2.21. The summed E-state index contributed by atoms with van der Waals surface area (Å²) < 4.78 is 14.6. The molecule has 4 aromatic rings. The highest BCUT2D eigenvalue weighted by Gasteiger charge is 2.30. The van der Waals surface area contributed by atoms with Crippen LogP contribution in [0.4, 0.5) is 0 Å². The average Bonchev–Trinajstić information content (AvgIpc) is 2.89. The van der Waals surface area contributed by atoms with Gasteiger partial charge in [0, 0.05) is 15.9 Å². The van der Waals surface area contributed by atoms with Crippen LogP contribution >= 0.6 is 7.14 Å². The first kappa shape index (κ1) is 22.5. The van der Waals surface area contributed by atoms with Crippen LogP contribution < -0.4 is 10.6 Å². The first-order valence-electron chi connectivity index (χ1n) is 11.0. The molecule has 0 N–H and O–H groups in total. The van der Waals surface area contributed by atoms with Gasteiger partial charge in [0.2, 0.25) is 0 Å². The monoisotopic (exact) mass is 446 g/mol. The molecule has 0 aliphatic heterocycles. The van der Waals surface area contributed by atoms with E-state index in [-0.39, 0.29) is 0 Å². The molecule has 0 saturated carbocycles. The number of hydrogen-bond donors (Lipinski definition) is 0. The Bertz CT molecular complexity index is 1310. The van der Waals surface area contributed by atoms with Gasteiger partial charge in [-0.3, -0.25) is 0 Å². The van der Waals surface area contributed by atoms with Crippen molar-refractivity contribution in [3.8, 4) is 22.3 Å². The molecule has 1 unspecified atom stereocenters. The summed E-state index contributed by atoms with van der Waals surface area (Å²) in [5.74, 6) is 0. The van der Waals surface area contributed by atoms with E-state index < -0.39 is 7.14 Å². The molecule has 162 valence electrons. The summed E-state index contributed by atoms with van der Waals surface area (Å²) in [7, 11) is -3.02. The maximum atomic E-state index is 14.6. The van der Waals surface area contributed by atoms with Gasteiger partial charge in [-0.05, 0) is 29.2 Å². The van der Waals surface area contributed by atoms with Gasteiger partial charge in [-0.25, -0.2) is 0 Å². The van der Waals surface area contributed by atoms with Crippen LogP contribution in [0.2, 0.25) is 0 Å². The van der Waals surface area contributed by atoms with Crippen molar-refractivity contribution in [1.29, 1.82) is 0 Å². The highest BCUT2D eigenvalue weighted by Crippen LogP contribution is 2.52. The maximum absolute atomic E-state index is 14.6. The summed E-state index contributed by atoms with van der Waals surface area (Å²) in [6, 6.07) is 36.7. The summed E-state index contributed by atoms with van der Waals surface area (Å²) in [6.07, 6.45) is 7.40. The second-order valence-corrected chi connectivity index (χ2v) is 10.5. The van der Waals surface area contributed by atoms with E-state index in [1.165, 1.54) is 11.1 Å². The molecule has 1 nitrogen and oxygen atoms in total. The highest BCUT2D eigenvalue weighted by molar-refractivity contribution is 7.82. The number of allylic oxidation sites excluding steroid dienone is 5. The van der Waals surface area contributed by atoms with Crippen molar-refractivity contribution >= 4 is 17.8 Å². The molecule has 0 fully saturated rings. The predicted octanol–water partition coefficient (Wildman–Crippen LogP) is 7.98. The van der Waals surface area contributed by atoms with Crippen molar-refractivity contribution in [3.63, 3.8) is 0 Å². The van der Waals surface area contributed by atoms with Crippen LogP contribution in [-0.2, 0) is 4.57 Å². The van der Waals surface area contributed by atoms with Crippen LogP contribution in [-0.4, -0.2) is 0 Å². The fourth-order valence-electron chi connectivity index (χ4n) is 3.99. The van der Waals surface area contributed by atoms with Crippen LogP contribution in [0, 0.1) is 0 Å². The van der Waals surface area contributed by atoms with E-state index >= 15 is 0 Å². The fourth-order valence-corrected chi connectivity index (χ4v) is 6.72. The predicted molar refractivity (Wildman–Crippen MR) is 144 cm³/mol. The topological polar surface area (TPSA) is 17.1 Å². The van der Waals surface area contributed by atoms with Crippen LogP contribution in [0.25, 0.3) is 22.3 Å². The van der Waals surface area contributed by atoms with E-state index in [0.717, 1.165) is 27.1 Å². The summed E-state index contributed by atoms with van der Waals surface area (Å²) in [5.41, 5.74) is 4.62. The minimum absolute atomic E-state index is 0.770. The second-order valence-electron chi connectivity index (χ2n) is 7.76. The zero-order valence-corrected chi connectivity index (χ0v) is 19.7. The molecule has 0 heterocycles. The molecule has 1 atom stereocenters. The van der Waals surface area contributed by atoms with Gasteiger partial charge in [-0.15, -0.1) is 0 Å². The quantitative estimate of drug-likeness (QED) is 0.208. The Hall–Kier alpha value is -3.67. The third-order valence-electron chi connectivity index (χ3n) is 5.67. The van der Waals surface area contributed by atoms with Crippen LogP contribution in [0.5, 0.6) is 0 Å². The molecule has 0 aliphatic rings. The average molecular weight is 447 g/mol. The first-order chi connectivity index (χ1) is 16.2. The van der Waals surface area contributed by atoms with Gasteiger partial charge in [0.1, 0.15) is 0 Å². The summed E-state index contributed by atoms with van der Waals surface area (Å²) in [5, 5.41) is 2.40. The molecule has 33 heavy (non-hydrogen) atoms. The Morgan fingerprint density at radius 1 is 0.636 bits per heavy atom. The van der Waals surface area contributed by atoms with E-state index in [4.69, 9.17) is 0 Å². The lowest BCUT2D eigenvalue weighted by Crippen LogP contribution is -2.17. The van der Waals surface area contributed by atoms with Gasteiger partial charge >= 0.3 is 0 Å². The van der Waals surface area contributed by atoms with Gasteiger partial charge in [-0.1, -0.05) is 140 Å². The molecular weight excluding hydrogens is 419 g/mol. The summed E-state index contributed by atoms with van der Waals surface area (Å²) in [4.78, 5) is 0. The second kappa shape index (κ2) is 10.3. The third kappa shape index (κ3) is 4.75. The smallest absolute Gasteiger partial charge is 0.171 e. The molecule has 0 spiro atoms. The molecule has 0 saturated heterocycles. The standard InChI is InChI=1S/C31H27OP/c1-3-11-29(12-4-2)33(32,30-15-9-6-10-16-30)31-23-21-28(22-24-31)27-19-17-26(18-20-27)25-13-7-5-8-14-25/h3-24H,1H2,2H3/b12-4-,29-11+. The van der Waals surface area contributed by atoms with Gasteiger partial charge in [-0.2, -0.15) is 0 Å². The van der Waals surface area contributed by atoms with E-state index in [1.807, 2.05) is 73.7 Å². The minimum Gasteiger partial charge on any atom is -0.309 e. The fraction of sp³-hybridized carbons (Fsp3) is 0.0323. The molecule has 0 radical (unpaired) electrons. The van der Waals surface area contributed by atoms with Crippen molar-refractivity contribution in [3.05, 3.63) is 145 Å². The molecule has 0 aromatic heterocycles. The van der Waals surface area contributed by atoms with Crippen molar-refractivity contribution in [2.45, 2.75) is 6.92 Å². The maximum Gasteiger partial charge on any atom is 0.171 e. The van der Waals surface area contributed by atoms with Gasteiger partial charge in [0.15, 0.2) is 7.14 Å². The van der Waals surface area contributed by atoms with Gasteiger partial charge in [0.25, 0.3) is 0 Å². The molecular formula is C31H27OP. The minimum atomic E-state index is -3.02. The first-order valence-corrected chi connectivity index (χ1v) is 12.8. The van der Waals surface area contributed by atoms with E-state index in [9.17, 15) is 4.57 Å². The number of benzene rings is 4. The summed E-state index contributed by atoms with van der Waals surface area (Å²) in [6.45, 7) is 5.77.